The zero-order valence-electron chi connectivity index (χ0n) is 10.2. The van der Waals surface area contributed by atoms with Gasteiger partial charge in [0.25, 0.3) is 0 Å². The molecule has 4 heteroatoms. The summed E-state index contributed by atoms with van der Waals surface area (Å²) in [5, 5.41) is 0.175. The monoisotopic (exact) mass is 341 g/mol. The van der Waals surface area contributed by atoms with Crippen molar-refractivity contribution in [1.29, 1.82) is 0 Å². The Labute approximate surface area is 125 Å². The van der Waals surface area contributed by atoms with Crippen LogP contribution in [0.4, 0.5) is 4.39 Å². The first-order chi connectivity index (χ1) is 9.06. The summed E-state index contributed by atoms with van der Waals surface area (Å²) in [6.45, 7) is 0. The number of hydrogen-bond acceptors (Lipinski definition) is 1. The quantitative estimate of drug-likeness (QED) is 0.878. The van der Waals surface area contributed by atoms with E-state index in [0.29, 0.717) is 6.42 Å². The van der Waals surface area contributed by atoms with E-state index in [4.69, 9.17) is 17.3 Å². The highest BCUT2D eigenvalue weighted by atomic mass is 79.9. The minimum absolute atomic E-state index is 0.0829. The van der Waals surface area contributed by atoms with Crippen LogP contribution in [-0.4, -0.2) is 6.04 Å². The van der Waals surface area contributed by atoms with Crippen molar-refractivity contribution in [3.8, 4) is 0 Å². The molecule has 0 aliphatic heterocycles. The standard InChI is InChI=1S/C15H14BrClFN/c16-12-6-4-10(5-7-12)8-13(19)9-11-2-1-3-14(18)15(11)17/h1-7,13H,8-9,19H2. The van der Waals surface area contributed by atoms with Gasteiger partial charge in [0.05, 0.1) is 5.02 Å². The zero-order chi connectivity index (χ0) is 13.8. The maximum atomic E-state index is 13.3. The number of rotatable bonds is 4. The minimum atomic E-state index is -0.394. The Morgan fingerprint density at radius 1 is 1.11 bits per heavy atom. The van der Waals surface area contributed by atoms with Crippen molar-refractivity contribution >= 4 is 27.5 Å². The first kappa shape index (κ1) is 14.5. The molecule has 0 saturated heterocycles. The summed E-state index contributed by atoms with van der Waals surface area (Å²) in [6.07, 6.45) is 1.30. The van der Waals surface area contributed by atoms with Gasteiger partial charge in [-0.15, -0.1) is 0 Å². The highest BCUT2D eigenvalue weighted by Crippen LogP contribution is 2.21. The Balaban J connectivity index is 2.03. The van der Waals surface area contributed by atoms with Crippen LogP contribution in [0.15, 0.2) is 46.9 Å². The van der Waals surface area contributed by atoms with Gasteiger partial charge in [-0.2, -0.15) is 0 Å². The fourth-order valence-electron chi connectivity index (χ4n) is 1.98. The lowest BCUT2D eigenvalue weighted by molar-refractivity contribution is 0.618. The van der Waals surface area contributed by atoms with E-state index in [9.17, 15) is 4.39 Å². The Hall–Kier alpha value is -0.900. The third-order valence-corrected chi connectivity index (χ3v) is 3.88. The van der Waals surface area contributed by atoms with E-state index in [-0.39, 0.29) is 11.1 Å². The fourth-order valence-corrected chi connectivity index (χ4v) is 2.45. The largest absolute Gasteiger partial charge is 0.327 e. The Morgan fingerprint density at radius 2 is 1.79 bits per heavy atom. The van der Waals surface area contributed by atoms with Crippen LogP contribution >= 0.6 is 27.5 Å². The van der Waals surface area contributed by atoms with E-state index in [1.807, 2.05) is 30.3 Å². The number of hydrogen-bond donors (Lipinski definition) is 1. The van der Waals surface area contributed by atoms with E-state index in [2.05, 4.69) is 15.9 Å². The summed E-state index contributed by atoms with van der Waals surface area (Å²) in [5.41, 5.74) is 8.01. The normalized spacial score (nSPS) is 12.4. The molecule has 0 aliphatic carbocycles. The molecule has 0 saturated carbocycles. The van der Waals surface area contributed by atoms with Gasteiger partial charge in [0.2, 0.25) is 0 Å². The minimum Gasteiger partial charge on any atom is -0.327 e. The smallest absolute Gasteiger partial charge is 0.142 e. The summed E-state index contributed by atoms with van der Waals surface area (Å²) in [4.78, 5) is 0. The highest BCUT2D eigenvalue weighted by molar-refractivity contribution is 9.10. The maximum absolute atomic E-state index is 13.3. The summed E-state index contributed by atoms with van der Waals surface area (Å²) in [6, 6.07) is 12.8. The van der Waals surface area contributed by atoms with Gasteiger partial charge in [0.15, 0.2) is 0 Å². The van der Waals surface area contributed by atoms with E-state index in [1.54, 1.807) is 6.07 Å². The second-order valence-electron chi connectivity index (χ2n) is 4.51. The predicted octanol–water partition coefficient (Wildman–Crippen LogP) is 4.35. The van der Waals surface area contributed by atoms with Crippen molar-refractivity contribution in [3.05, 3.63) is 68.9 Å². The van der Waals surface area contributed by atoms with Crippen molar-refractivity contribution in [2.24, 2.45) is 5.73 Å². The molecule has 0 amide bonds. The third-order valence-electron chi connectivity index (χ3n) is 2.92. The van der Waals surface area contributed by atoms with Crippen LogP contribution in [0, 0.1) is 5.82 Å². The van der Waals surface area contributed by atoms with Crippen molar-refractivity contribution in [2.75, 3.05) is 0 Å². The number of halogens is 3. The lowest BCUT2D eigenvalue weighted by Gasteiger charge is -2.13. The molecule has 2 N–H and O–H groups in total. The van der Waals surface area contributed by atoms with Crippen LogP contribution in [0.25, 0.3) is 0 Å². The van der Waals surface area contributed by atoms with Gasteiger partial charge in [0, 0.05) is 10.5 Å². The summed E-state index contributed by atoms with van der Waals surface area (Å²) in [7, 11) is 0. The van der Waals surface area contributed by atoms with Gasteiger partial charge in [-0.05, 0) is 42.2 Å². The lowest BCUT2D eigenvalue weighted by atomic mass is 10.00. The zero-order valence-corrected chi connectivity index (χ0v) is 12.6. The van der Waals surface area contributed by atoms with Gasteiger partial charge in [0.1, 0.15) is 5.82 Å². The molecule has 19 heavy (non-hydrogen) atoms. The molecule has 1 atom stereocenters. The van der Waals surface area contributed by atoms with Crippen LogP contribution < -0.4 is 5.73 Å². The first-order valence-corrected chi connectivity index (χ1v) is 7.16. The third kappa shape index (κ3) is 4.03. The molecule has 0 bridgehead atoms. The number of nitrogens with two attached hydrogens (primary N) is 1. The molecule has 100 valence electrons. The second-order valence-corrected chi connectivity index (χ2v) is 5.80. The average Bonchev–Trinajstić information content (AvgIpc) is 2.38. The van der Waals surface area contributed by atoms with E-state index in [0.717, 1.165) is 22.0 Å². The van der Waals surface area contributed by atoms with Gasteiger partial charge >= 0.3 is 0 Å². The summed E-state index contributed by atoms with van der Waals surface area (Å²) in [5.74, 6) is -0.394. The average molecular weight is 343 g/mol. The van der Waals surface area contributed by atoms with Crippen molar-refractivity contribution in [1.82, 2.24) is 0 Å². The van der Waals surface area contributed by atoms with Gasteiger partial charge in [-0.1, -0.05) is 51.8 Å². The van der Waals surface area contributed by atoms with Crippen molar-refractivity contribution in [2.45, 2.75) is 18.9 Å². The van der Waals surface area contributed by atoms with E-state index < -0.39 is 5.82 Å². The molecule has 0 radical (unpaired) electrons. The van der Waals surface area contributed by atoms with Crippen molar-refractivity contribution < 1.29 is 4.39 Å². The van der Waals surface area contributed by atoms with Crippen LogP contribution in [0.3, 0.4) is 0 Å². The Morgan fingerprint density at radius 3 is 2.47 bits per heavy atom. The highest BCUT2D eigenvalue weighted by Gasteiger charge is 2.10. The van der Waals surface area contributed by atoms with Gasteiger partial charge < -0.3 is 5.73 Å². The fraction of sp³-hybridized carbons (Fsp3) is 0.200. The lowest BCUT2D eigenvalue weighted by Crippen LogP contribution is -2.25. The topological polar surface area (TPSA) is 26.0 Å². The number of benzene rings is 2. The van der Waals surface area contributed by atoms with Crippen LogP contribution in [-0.2, 0) is 12.8 Å². The molecular formula is C15H14BrClFN. The van der Waals surface area contributed by atoms with Gasteiger partial charge in [-0.3, -0.25) is 0 Å². The van der Waals surface area contributed by atoms with E-state index >= 15 is 0 Å². The molecule has 2 aromatic rings. The van der Waals surface area contributed by atoms with E-state index in [1.165, 1.54) is 6.07 Å². The Kier molecular flexibility index (Phi) is 4.97. The molecule has 0 aliphatic rings. The molecule has 0 fully saturated rings. The maximum Gasteiger partial charge on any atom is 0.142 e. The van der Waals surface area contributed by atoms with Crippen LogP contribution in [0.2, 0.25) is 5.02 Å². The Bertz CT molecular complexity index is 557. The molecule has 2 aromatic carbocycles. The van der Waals surface area contributed by atoms with Crippen molar-refractivity contribution in [3.63, 3.8) is 0 Å². The molecular weight excluding hydrogens is 329 g/mol. The molecule has 1 unspecified atom stereocenters. The molecule has 0 spiro atoms. The SMILES string of the molecule is NC(Cc1ccc(Br)cc1)Cc1cccc(F)c1Cl. The second kappa shape index (κ2) is 6.51. The summed E-state index contributed by atoms with van der Waals surface area (Å²) < 4.78 is 14.4. The molecule has 0 aromatic heterocycles. The van der Waals surface area contributed by atoms with Crippen LogP contribution in [0.1, 0.15) is 11.1 Å². The van der Waals surface area contributed by atoms with Gasteiger partial charge in [-0.25, -0.2) is 4.39 Å². The van der Waals surface area contributed by atoms with Crippen LogP contribution in [0.5, 0.6) is 0 Å². The first-order valence-electron chi connectivity index (χ1n) is 5.99. The predicted molar refractivity (Wildman–Crippen MR) is 80.9 cm³/mol. The molecule has 2 rings (SSSR count). The summed E-state index contributed by atoms with van der Waals surface area (Å²) >= 11 is 9.32. The molecule has 1 nitrogen and oxygen atoms in total. The molecule has 0 heterocycles.